The maximum absolute atomic E-state index is 12.6. The van der Waals surface area contributed by atoms with Gasteiger partial charge in [-0.05, 0) is 51.4 Å². The van der Waals surface area contributed by atoms with E-state index in [1.165, 1.54) is 11.1 Å². The third-order valence-corrected chi connectivity index (χ3v) is 6.15. The van der Waals surface area contributed by atoms with Crippen molar-refractivity contribution in [1.29, 1.82) is 0 Å². The average molecular weight is 403 g/mol. The molecule has 1 amide bonds. The number of carbonyl (C=O) groups is 1. The first kappa shape index (κ1) is 20.4. The summed E-state index contributed by atoms with van der Waals surface area (Å²) in [5.74, 6) is 0.0745. The topological polar surface area (TPSA) is 50.2 Å². The minimum absolute atomic E-state index is 0.0745. The van der Waals surface area contributed by atoms with Crippen LogP contribution >= 0.6 is 0 Å². The third kappa shape index (κ3) is 4.31. The van der Waals surface area contributed by atoms with E-state index < -0.39 is 0 Å². The Morgan fingerprint density at radius 2 is 1.70 bits per heavy atom. The molecule has 5 heteroatoms. The zero-order chi connectivity index (χ0) is 21.1. The molecule has 5 nitrogen and oxygen atoms in total. The minimum Gasteiger partial charge on any atom is -0.354 e. The lowest BCUT2D eigenvalue weighted by atomic mass is 9.96. The summed E-state index contributed by atoms with van der Waals surface area (Å²) < 4.78 is 1.98. The maximum Gasteiger partial charge on any atom is 0.234 e. The van der Waals surface area contributed by atoms with Crippen LogP contribution in [0.5, 0.6) is 0 Å². The summed E-state index contributed by atoms with van der Waals surface area (Å²) in [7, 11) is 1.99. The number of hydrogen-bond acceptors (Lipinski definition) is 3. The molecule has 1 saturated carbocycles. The molecule has 1 N–H and O–H groups in total. The van der Waals surface area contributed by atoms with E-state index >= 15 is 0 Å². The van der Waals surface area contributed by atoms with E-state index in [1.54, 1.807) is 0 Å². The van der Waals surface area contributed by atoms with E-state index in [-0.39, 0.29) is 11.3 Å². The molecule has 0 unspecified atom stereocenters. The maximum atomic E-state index is 12.6. The van der Waals surface area contributed by atoms with Gasteiger partial charge in [-0.15, -0.1) is 0 Å². The van der Waals surface area contributed by atoms with Crippen LogP contribution in [0.15, 0.2) is 60.7 Å². The summed E-state index contributed by atoms with van der Waals surface area (Å²) in [6.45, 7) is 5.91. The van der Waals surface area contributed by atoms with Crippen molar-refractivity contribution in [3.05, 3.63) is 83.2 Å². The van der Waals surface area contributed by atoms with Crippen molar-refractivity contribution in [2.75, 3.05) is 20.1 Å². The first-order valence-corrected chi connectivity index (χ1v) is 10.6. The molecular formula is C25H30N4O. The second-order valence-corrected chi connectivity index (χ2v) is 8.49. The molecule has 2 aromatic carbocycles. The van der Waals surface area contributed by atoms with Crippen LogP contribution in [0.4, 0.5) is 0 Å². The number of benzene rings is 2. The van der Waals surface area contributed by atoms with Crippen LogP contribution in [0.2, 0.25) is 0 Å². The highest BCUT2D eigenvalue weighted by Gasteiger charge is 2.44. The zero-order valence-electron chi connectivity index (χ0n) is 18.1. The Kier molecular flexibility index (Phi) is 5.73. The van der Waals surface area contributed by atoms with Gasteiger partial charge in [0.15, 0.2) is 0 Å². The highest BCUT2D eigenvalue weighted by atomic mass is 16.2. The van der Waals surface area contributed by atoms with Crippen LogP contribution in [0.1, 0.15) is 35.4 Å². The molecule has 1 heterocycles. The van der Waals surface area contributed by atoms with E-state index in [4.69, 9.17) is 5.10 Å². The molecular weight excluding hydrogens is 372 g/mol. The molecule has 4 rings (SSSR count). The molecule has 3 aromatic rings. The number of para-hydroxylation sites is 1. The lowest BCUT2D eigenvalue weighted by Gasteiger charge is -2.20. The van der Waals surface area contributed by atoms with Gasteiger partial charge >= 0.3 is 0 Å². The Morgan fingerprint density at radius 3 is 2.33 bits per heavy atom. The van der Waals surface area contributed by atoms with E-state index in [2.05, 4.69) is 53.5 Å². The summed E-state index contributed by atoms with van der Waals surface area (Å²) in [5, 5.41) is 7.87. The largest absolute Gasteiger partial charge is 0.354 e. The first-order chi connectivity index (χ1) is 14.5. The number of likely N-dealkylation sites (N-methyl/N-ethyl adjacent to an activating group) is 1. The molecule has 0 radical (unpaired) electrons. The van der Waals surface area contributed by atoms with Crippen molar-refractivity contribution in [2.45, 2.75) is 38.6 Å². The summed E-state index contributed by atoms with van der Waals surface area (Å²) >= 11 is 0. The average Bonchev–Trinajstić information content (AvgIpc) is 3.51. The van der Waals surface area contributed by atoms with Gasteiger partial charge in [0.2, 0.25) is 5.91 Å². The van der Waals surface area contributed by atoms with Crippen LogP contribution in [-0.4, -0.2) is 40.7 Å². The van der Waals surface area contributed by atoms with Crippen molar-refractivity contribution < 1.29 is 4.79 Å². The van der Waals surface area contributed by atoms with Crippen LogP contribution < -0.4 is 5.32 Å². The standard InChI is InChI=1S/C25H30N4O/c1-19-23(20(2)29(27-19)22-12-8-5-9-13-22)16-28(3)17-24(30)26-18-25(14-15-25)21-10-6-4-7-11-21/h4-13H,14-18H2,1-3H3,(H,26,30). The molecule has 30 heavy (non-hydrogen) atoms. The third-order valence-electron chi connectivity index (χ3n) is 6.15. The number of nitrogens with one attached hydrogen (secondary N) is 1. The fourth-order valence-corrected chi connectivity index (χ4v) is 4.13. The highest BCUT2D eigenvalue weighted by molar-refractivity contribution is 5.78. The number of hydrogen-bond donors (Lipinski definition) is 1. The van der Waals surface area contributed by atoms with Gasteiger partial charge in [0, 0.05) is 29.8 Å². The summed E-state index contributed by atoms with van der Waals surface area (Å²) in [4.78, 5) is 14.6. The molecule has 0 bridgehead atoms. The van der Waals surface area contributed by atoms with Crippen molar-refractivity contribution in [2.24, 2.45) is 0 Å². The summed E-state index contributed by atoms with van der Waals surface area (Å²) in [6.07, 6.45) is 2.29. The summed E-state index contributed by atoms with van der Waals surface area (Å²) in [5.41, 5.74) is 5.83. The Balaban J connectivity index is 1.34. The fourth-order valence-electron chi connectivity index (χ4n) is 4.13. The van der Waals surface area contributed by atoms with Crippen LogP contribution in [0.3, 0.4) is 0 Å². The van der Waals surface area contributed by atoms with Gasteiger partial charge in [-0.3, -0.25) is 9.69 Å². The van der Waals surface area contributed by atoms with Gasteiger partial charge in [0.05, 0.1) is 17.9 Å². The second kappa shape index (κ2) is 8.44. The van der Waals surface area contributed by atoms with Gasteiger partial charge in [-0.1, -0.05) is 48.5 Å². The predicted octanol–water partition coefficient (Wildman–Crippen LogP) is 3.77. The van der Waals surface area contributed by atoms with Gasteiger partial charge < -0.3 is 5.32 Å². The van der Waals surface area contributed by atoms with Crippen LogP contribution in [-0.2, 0) is 16.8 Å². The van der Waals surface area contributed by atoms with E-state index in [0.29, 0.717) is 19.6 Å². The molecule has 1 aliphatic carbocycles. The number of amides is 1. The molecule has 0 spiro atoms. The highest BCUT2D eigenvalue weighted by Crippen LogP contribution is 2.47. The first-order valence-electron chi connectivity index (χ1n) is 10.6. The Labute approximate surface area is 178 Å². The lowest BCUT2D eigenvalue weighted by Crippen LogP contribution is -2.38. The molecule has 156 valence electrons. The normalized spacial score (nSPS) is 14.7. The number of aryl methyl sites for hydroxylation is 1. The molecule has 1 fully saturated rings. The van der Waals surface area contributed by atoms with E-state index in [1.807, 2.05) is 42.9 Å². The SMILES string of the molecule is Cc1nn(-c2ccccc2)c(C)c1CN(C)CC(=O)NCC1(c2ccccc2)CC1. The molecule has 0 atom stereocenters. The van der Waals surface area contributed by atoms with Gasteiger partial charge in [-0.25, -0.2) is 4.68 Å². The Morgan fingerprint density at radius 1 is 1.07 bits per heavy atom. The molecule has 0 saturated heterocycles. The molecule has 1 aliphatic rings. The molecule has 1 aromatic heterocycles. The fraction of sp³-hybridized carbons (Fsp3) is 0.360. The van der Waals surface area contributed by atoms with Gasteiger partial charge in [-0.2, -0.15) is 5.10 Å². The number of rotatable bonds is 8. The van der Waals surface area contributed by atoms with Gasteiger partial charge in [0.1, 0.15) is 0 Å². The Hall–Kier alpha value is -2.92. The van der Waals surface area contributed by atoms with Crippen molar-refractivity contribution in [1.82, 2.24) is 20.0 Å². The smallest absolute Gasteiger partial charge is 0.234 e. The van der Waals surface area contributed by atoms with Crippen LogP contribution in [0, 0.1) is 13.8 Å². The monoisotopic (exact) mass is 402 g/mol. The number of aromatic nitrogens is 2. The van der Waals surface area contributed by atoms with Crippen molar-refractivity contribution in [3.63, 3.8) is 0 Å². The predicted molar refractivity (Wildman–Crippen MR) is 120 cm³/mol. The number of carbonyl (C=O) groups excluding carboxylic acids is 1. The Bertz CT molecular complexity index is 1010. The quantitative estimate of drug-likeness (QED) is 0.624. The minimum atomic E-state index is 0.0745. The number of nitrogens with zero attached hydrogens (tertiary/aromatic N) is 3. The van der Waals surface area contributed by atoms with E-state index in [0.717, 1.165) is 29.9 Å². The van der Waals surface area contributed by atoms with E-state index in [9.17, 15) is 4.79 Å². The van der Waals surface area contributed by atoms with Crippen molar-refractivity contribution in [3.8, 4) is 5.69 Å². The van der Waals surface area contributed by atoms with Crippen molar-refractivity contribution >= 4 is 5.91 Å². The second-order valence-electron chi connectivity index (χ2n) is 8.49. The van der Waals surface area contributed by atoms with Gasteiger partial charge in [0.25, 0.3) is 0 Å². The van der Waals surface area contributed by atoms with Crippen LogP contribution in [0.25, 0.3) is 5.69 Å². The molecule has 0 aliphatic heterocycles. The lowest BCUT2D eigenvalue weighted by molar-refractivity contribution is -0.122. The zero-order valence-corrected chi connectivity index (χ0v) is 18.1. The summed E-state index contributed by atoms with van der Waals surface area (Å²) in [6, 6.07) is 20.7.